The standard InChI is InChI=1S/C11H16N2/c1-2-4-10-8(3-1)9-5-6-12-7-11(9)13-10/h12-13H,1-7H2. The van der Waals surface area contributed by atoms with Gasteiger partial charge in [0.15, 0.2) is 0 Å². The first-order chi connectivity index (χ1) is 6.45. The molecule has 1 aromatic rings. The molecule has 0 radical (unpaired) electrons. The van der Waals surface area contributed by atoms with E-state index < -0.39 is 0 Å². The van der Waals surface area contributed by atoms with E-state index in [-0.39, 0.29) is 0 Å². The molecule has 3 rings (SSSR count). The SMILES string of the molecule is C1CCc2c([nH]c3c2CCNC3)C1. The number of aromatic nitrogens is 1. The second-order valence-electron chi connectivity index (χ2n) is 4.17. The lowest BCUT2D eigenvalue weighted by Crippen LogP contribution is -2.23. The summed E-state index contributed by atoms with van der Waals surface area (Å²) in [5, 5.41) is 3.42. The Kier molecular flexibility index (Phi) is 1.69. The van der Waals surface area contributed by atoms with Gasteiger partial charge < -0.3 is 10.3 Å². The summed E-state index contributed by atoms with van der Waals surface area (Å²) in [6.45, 7) is 2.22. The lowest BCUT2D eigenvalue weighted by molar-refractivity contribution is 0.631. The van der Waals surface area contributed by atoms with E-state index in [1.54, 1.807) is 16.8 Å². The van der Waals surface area contributed by atoms with Crippen LogP contribution in [0.2, 0.25) is 0 Å². The molecule has 0 saturated carbocycles. The van der Waals surface area contributed by atoms with Crippen LogP contribution in [0.25, 0.3) is 0 Å². The van der Waals surface area contributed by atoms with Gasteiger partial charge in [0.2, 0.25) is 0 Å². The second kappa shape index (κ2) is 2.88. The molecule has 0 atom stereocenters. The van der Waals surface area contributed by atoms with Gasteiger partial charge in [-0.15, -0.1) is 0 Å². The molecule has 70 valence electrons. The third-order valence-corrected chi connectivity index (χ3v) is 3.35. The van der Waals surface area contributed by atoms with Crippen molar-refractivity contribution < 1.29 is 0 Å². The molecule has 2 nitrogen and oxygen atoms in total. The first kappa shape index (κ1) is 7.63. The van der Waals surface area contributed by atoms with Gasteiger partial charge >= 0.3 is 0 Å². The molecule has 13 heavy (non-hydrogen) atoms. The van der Waals surface area contributed by atoms with Gasteiger partial charge in [-0.05, 0) is 49.8 Å². The number of fused-ring (bicyclic) bond motifs is 3. The maximum Gasteiger partial charge on any atom is 0.0360 e. The number of rotatable bonds is 0. The lowest BCUT2D eigenvalue weighted by atomic mass is 9.92. The van der Waals surface area contributed by atoms with Crippen molar-refractivity contribution in [2.75, 3.05) is 6.54 Å². The Morgan fingerprint density at radius 3 is 2.69 bits per heavy atom. The topological polar surface area (TPSA) is 27.8 Å². The van der Waals surface area contributed by atoms with Crippen molar-refractivity contribution in [3.05, 3.63) is 22.5 Å². The molecule has 1 aliphatic heterocycles. The van der Waals surface area contributed by atoms with Gasteiger partial charge in [0.05, 0.1) is 0 Å². The number of aromatic amines is 1. The Bertz CT molecular complexity index is 295. The highest BCUT2D eigenvalue weighted by molar-refractivity contribution is 5.39. The van der Waals surface area contributed by atoms with Crippen LogP contribution in [0.4, 0.5) is 0 Å². The lowest BCUT2D eigenvalue weighted by Gasteiger charge is -2.15. The maximum atomic E-state index is 3.59. The van der Waals surface area contributed by atoms with E-state index in [1.165, 1.54) is 37.8 Å². The Morgan fingerprint density at radius 2 is 1.69 bits per heavy atom. The van der Waals surface area contributed by atoms with Crippen LogP contribution in [-0.4, -0.2) is 11.5 Å². The number of nitrogens with one attached hydrogen (secondary N) is 2. The quantitative estimate of drug-likeness (QED) is 0.616. The van der Waals surface area contributed by atoms with Crippen LogP contribution in [-0.2, 0) is 25.8 Å². The summed E-state index contributed by atoms with van der Waals surface area (Å²) in [5.41, 5.74) is 6.33. The molecule has 1 aromatic heterocycles. The minimum Gasteiger partial charge on any atom is -0.361 e. The fraction of sp³-hybridized carbons (Fsp3) is 0.636. The Labute approximate surface area is 78.7 Å². The van der Waals surface area contributed by atoms with Gasteiger partial charge in [0.25, 0.3) is 0 Å². The molecule has 0 saturated heterocycles. The van der Waals surface area contributed by atoms with Crippen LogP contribution in [0.5, 0.6) is 0 Å². The number of hydrogen-bond donors (Lipinski definition) is 2. The molecule has 0 fully saturated rings. The van der Waals surface area contributed by atoms with Crippen molar-refractivity contribution in [2.45, 2.75) is 38.6 Å². The normalized spacial score (nSPS) is 20.9. The second-order valence-corrected chi connectivity index (χ2v) is 4.17. The molecule has 0 spiro atoms. The van der Waals surface area contributed by atoms with E-state index in [4.69, 9.17) is 0 Å². The zero-order valence-electron chi connectivity index (χ0n) is 7.95. The highest BCUT2D eigenvalue weighted by Crippen LogP contribution is 2.28. The Balaban J connectivity index is 2.09. The van der Waals surface area contributed by atoms with Crippen LogP contribution in [0, 0.1) is 0 Å². The zero-order chi connectivity index (χ0) is 8.67. The molecular formula is C11H16N2. The summed E-state index contributed by atoms with van der Waals surface area (Å²) in [4.78, 5) is 3.59. The van der Waals surface area contributed by atoms with Crippen molar-refractivity contribution in [3.63, 3.8) is 0 Å². The van der Waals surface area contributed by atoms with Crippen molar-refractivity contribution >= 4 is 0 Å². The summed E-state index contributed by atoms with van der Waals surface area (Å²) in [6.07, 6.45) is 6.61. The molecule has 0 unspecified atom stereocenters. The van der Waals surface area contributed by atoms with Crippen molar-refractivity contribution in [1.82, 2.24) is 10.3 Å². The summed E-state index contributed by atoms with van der Waals surface area (Å²) in [6, 6.07) is 0. The van der Waals surface area contributed by atoms with Crippen LogP contribution in [0.1, 0.15) is 35.4 Å². The predicted molar refractivity (Wildman–Crippen MR) is 52.8 cm³/mol. The van der Waals surface area contributed by atoms with Crippen LogP contribution >= 0.6 is 0 Å². The van der Waals surface area contributed by atoms with Gasteiger partial charge in [0, 0.05) is 17.9 Å². The predicted octanol–water partition coefficient (Wildman–Crippen LogP) is 1.54. The summed E-state index contributed by atoms with van der Waals surface area (Å²) in [5.74, 6) is 0. The van der Waals surface area contributed by atoms with Crippen LogP contribution in [0.15, 0.2) is 0 Å². The van der Waals surface area contributed by atoms with Gasteiger partial charge in [-0.2, -0.15) is 0 Å². The molecule has 0 bridgehead atoms. The largest absolute Gasteiger partial charge is 0.361 e. The smallest absolute Gasteiger partial charge is 0.0360 e. The minimum atomic E-state index is 1.06. The fourth-order valence-corrected chi connectivity index (χ4v) is 2.70. The van der Waals surface area contributed by atoms with E-state index in [9.17, 15) is 0 Å². The van der Waals surface area contributed by atoms with Gasteiger partial charge in [-0.3, -0.25) is 0 Å². The van der Waals surface area contributed by atoms with E-state index in [0.717, 1.165) is 13.1 Å². The zero-order valence-corrected chi connectivity index (χ0v) is 7.95. The summed E-state index contributed by atoms with van der Waals surface area (Å²) < 4.78 is 0. The molecule has 2 aliphatic rings. The molecule has 1 aliphatic carbocycles. The van der Waals surface area contributed by atoms with E-state index in [0.29, 0.717) is 0 Å². The molecule has 2 heterocycles. The van der Waals surface area contributed by atoms with Crippen LogP contribution < -0.4 is 5.32 Å². The monoisotopic (exact) mass is 176 g/mol. The van der Waals surface area contributed by atoms with E-state index >= 15 is 0 Å². The average Bonchev–Trinajstić information content (AvgIpc) is 2.56. The molecular weight excluding hydrogens is 160 g/mol. The van der Waals surface area contributed by atoms with Crippen molar-refractivity contribution in [1.29, 1.82) is 0 Å². The number of H-pyrrole nitrogens is 1. The van der Waals surface area contributed by atoms with E-state index in [1.807, 2.05) is 0 Å². The fourth-order valence-electron chi connectivity index (χ4n) is 2.70. The molecule has 0 aromatic carbocycles. The highest BCUT2D eigenvalue weighted by Gasteiger charge is 2.21. The molecule has 2 heteroatoms. The first-order valence-electron chi connectivity index (χ1n) is 5.37. The third-order valence-electron chi connectivity index (χ3n) is 3.35. The van der Waals surface area contributed by atoms with Crippen LogP contribution in [0.3, 0.4) is 0 Å². The average molecular weight is 176 g/mol. The maximum absolute atomic E-state index is 3.59. The minimum absolute atomic E-state index is 1.06. The summed E-state index contributed by atoms with van der Waals surface area (Å²) in [7, 11) is 0. The van der Waals surface area contributed by atoms with E-state index in [2.05, 4.69) is 10.3 Å². The molecule has 2 N–H and O–H groups in total. The van der Waals surface area contributed by atoms with Crippen molar-refractivity contribution in [3.8, 4) is 0 Å². The van der Waals surface area contributed by atoms with Gasteiger partial charge in [-0.1, -0.05) is 0 Å². The Hall–Kier alpha value is -0.760. The van der Waals surface area contributed by atoms with Crippen molar-refractivity contribution in [2.24, 2.45) is 0 Å². The van der Waals surface area contributed by atoms with Gasteiger partial charge in [-0.25, -0.2) is 0 Å². The number of aryl methyl sites for hydroxylation is 1. The highest BCUT2D eigenvalue weighted by atomic mass is 14.9. The van der Waals surface area contributed by atoms with Gasteiger partial charge in [0.1, 0.15) is 0 Å². The molecule has 0 amide bonds. The third kappa shape index (κ3) is 1.12. The Morgan fingerprint density at radius 1 is 0.846 bits per heavy atom. The first-order valence-corrected chi connectivity index (χ1v) is 5.37. The summed E-state index contributed by atoms with van der Waals surface area (Å²) >= 11 is 0. The number of hydrogen-bond acceptors (Lipinski definition) is 1.